The van der Waals surface area contributed by atoms with Gasteiger partial charge in [-0.1, -0.05) is 48.5 Å². The maximum absolute atomic E-state index is 11.7. The van der Waals surface area contributed by atoms with Crippen molar-refractivity contribution in [3.8, 4) is 5.75 Å². The number of Topliss-reactive ketones (excluding diaryl/α,β-unsaturated/α-hetero) is 1. The maximum Gasteiger partial charge on any atom is 0.374 e. The van der Waals surface area contributed by atoms with Crippen LogP contribution in [0, 0.1) is 0 Å². The van der Waals surface area contributed by atoms with E-state index < -0.39 is 11.8 Å². The Labute approximate surface area is 136 Å². The molecule has 0 unspecified atom stereocenters. The lowest BCUT2D eigenvalue weighted by atomic mass is 10.2. The van der Waals surface area contributed by atoms with Crippen molar-refractivity contribution in [1.29, 1.82) is 0 Å². The normalized spacial score (nSPS) is 10.1. The van der Waals surface area contributed by atoms with Crippen molar-refractivity contribution in [3.05, 3.63) is 66.2 Å². The highest BCUT2D eigenvalue weighted by atomic mass is 16.5. The highest BCUT2D eigenvalue weighted by molar-refractivity contribution is 6.33. The Bertz CT molecular complexity index is 608. The summed E-state index contributed by atoms with van der Waals surface area (Å²) < 4.78 is 10.5. The van der Waals surface area contributed by atoms with Gasteiger partial charge in [-0.3, -0.25) is 4.79 Å². The Hall–Kier alpha value is -2.62. The lowest BCUT2D eigenvalue weighted by molar-refractivity contribution is -0.154. The fourth-order valence-corrected chi connectivity index (χ4v) is 2.00. The number of carbonyl (C=O) groups is 2. The number of rotatable bonds is 9. The maximum atomic E-state index is 11.7. The molecule has 0 radical (unpaired) electrons. The van der Waals surface area contributed by atoms with Crippen LogP contribution in [-0.4, -0.2) is 18.4 Å². The van der Waals surface area contributed by atoms with Crippen molar-refractivity contribution in [3.63, 3.8) is 0 Å². The van der Waals surface area contributed by atoms with Crippen molar-refractivity contribution < 1.29 is 19.1 Å². The second-order valence-electron chi connectivity index (χ2n) is 5.10. The lowest BCUT2D eigenvalue weighted by Gasteiger charge is -2.06. The topological polar surface area (TPSA) is 52.6 Å². The molecule has 0 bridgehead atoms. The molecule has 0 N–H and O–H groups in total. The number of hydrogen-bond acceptors (Lipinski definition) is 4. The highest BCUT2D eigenvalue weighted by Gasteiger charge is 2.14. The monoisotopic (exact) mass is 312 g/mol. The molecule has 23 heavy (non-hydrogen) atoms. The van der Waals surface area contributed by atoms with Gasteiger partial charge in [0.2, 0.25) is 5.78 Å². The van der Waals surface area contributed by atoms with Crippen molar-refractivity contribution in [2.75, 3.05) is 6.61 Å². The van der Waals surface area contributed by atoms with Gasteiger partial charge in [0.15, 0.2) is 0 Å². The Morgan fingerprint density at radius 3 is 2.17 bits per heavy atom. The average molecular weight is 312 g/mol. The molecule has 0 spiro atoms. The van der Waals surface area contributed by atoms with Crippen LogP contribution in [0.4, 0.5) is 0 Å². The third-order valence-electron chi connectivity index (χ3n) is 3.25. The van der Waals surface area contributed by atoms with E-state index in [0.717, 1.165) is 11.3 Å². The Kier molecular flexibility index (Phi) is 6.85. The van der Waals surface area contributed by atoms with Crippen LogP contribution in [0.2, 0.25) is 0 Å². The fourth-order valence-electron chi connectivity index (χ4n) is 2.00. The van der Waals surface area contributed by atoms with E-state index in [0.29, 0.717) is 19.4 Å². The smallest absolute Gasteiger partial charge is 0.374 e. The van der Waals surface area contributed by atoms with Gasteiger partial charge < -0.3 is 9.47 Å². The molecule has 0 fully saturated rings. The zero-order valence-corrected chi connectivity index (χ0v) is 12.9. The van der Waals surface area contributed by atoms with Gasteiger partial charge in [0.1, 0.15) is 12.4 Å². The number of ether oxygens (including phenoxy) is 2. The first kappa shape index (κ1) is 16.7. The minimum Gasteiger partial charge on any atom is -0.494 e. The highest BCUT2D eigenvalue weighted by Crippen LogP contribution is 2.09. The van der Waals surface area contributed by atoms with Gasteiger partial charge >= 0.3 is 5.97 Å². The first-order valence-electron chi connectivity index (χ1n) is 7.67. The summed E-state index contributed by atoms with van der Waals surface area (Å²) in [5.41, 5.74) is 0.866. The Morgan fingerprint density at radius 1 is 0.826 bits per heavy atom. The van der Waals surface area contributed by atoms with Crippen LogP contribution < -0.4 is 4.74 Å². The SMILES string of the molecule is O=C(CCCCOc1ccccc1)C(=O)OCc1ccccc1. The molecule has 0 amide bonds. The fraction of sp³-hybridized carbons (Fsp3) is 0.263. The van der Waals surface area contributed by atoms with Crippen molar-refractivity contribution in [2.45, 2.75) is 25.9 Å². The van der Waals surface area contributed by atoms with Crippen LogP contribution in [0.15, 0.2) is 60.7 Å². The Morgan fingerprint density at radius 2 is 1.48 bits per heavy atom. The molecular formula is C19H20O4. The van der Waals surface area contributed by atoms with E-state index in [1.807, 2.05) is 60.7 Å². The van der Waals surface area contributed by atoms with E-state index in [-0.39, 0.29) is 13.0 Å². The number of esters is 1. The molecule has 0 saturated heterocycles. The summed E-state index contributed by atoms with van der Waals surface area (Å²) in [6.45, 7) is 0.652. The van der Waals surface area contributed by atoms with Crippen LogP contribution >= 0.6 is 0 Å². The number of benzene rings is 2. The van der Waals surface area contributed by atoms with Crippen LogP contribution in [0.25, 0.3) is 0 Å². The van der Waals surface area contributed by atoms with E-state index >= 15 is 0 Å². The van der Waals surface area contributed by atoms with E-state index in [2.05, 4.69) is 0 Å². The molecule has 0 heterocycles. The lowest BCUT2D eigenvalue weighted by Crippen LogP contribution is -2.17. The zero-order valence-electron chi connectivity index (χ0n) is 12.9. The van der Waals surface area contributed by atoms with Gasteiger partial charge in [0.25, 0.3) is 0 Å². The van der Waals surface area contributed by atoms with E-state index in [4.69, 9.17) is 9.47 Å². The molecular weight excluding hydrogens is 292 g/mol. The quantitative estimate of drug-likeness (QED) is 0.404. The van der Waals surface area contributed by atoms with Gasteiger partial charge in [-0.25, -0.2) is 4.79 Å². The summed E-state index contributed by atoms with van der Waals surface area (Å²) in [6, 6.07) is 18.8. The van der Waals surface area contributed by atoms with Crippen LogP contribution in [0.1, 0.15) is 24.8 Å². The molecule has 2 aromatic carbocycles. The summed E-state index contributed by atoms with van der Waals surface area (Å²) in [5.74, 6) is -0.445. The third kappa shape index (κ3) is 6.34. The first-order valence-corrected chi connectivity index (χ1v) is 7.67. The van der Waals surface area contributed by atoms with Crippen molar-refractivity contribution >= 4 is 11.8 Å². The molecule has 2 rings (SSSR count). The summed E-state index contributed by atoms with van der Waals surface area (Å²) >= 11 is 0. The second kappa shape index (κ2) is 9.41. The van der Waals surface area contributed by atoms with Crippen LogP contribution in [0.3, 0.4) is 0 Å². The molecule has 0 aromatic heterocycles. The molecule has 4 nitrogen and oxygen atoms in total. The van der Waals surface area contributed by atoms with Gasteiger partial charge in [-0.2, -0.15) is 0 Å². The van der Waals surface area contributed by atoms with Gasteiger partial charge in [0.05, 0.1) is 6.61 Å². The number of ketones is 1. The molecule has 0 atom stereocenters. The summed E-state index contributed by atoms with van der Waals surface area (Å²) in [7, 11) is 0. The molecule has 4 heteroatoms. The van der Waals surface area contributed by atoms with Gasteiger partial charge in [0, 0.05) is 6.42 Å². The van der Waals surface area contributed by atoms with Crippen molar-refractivity contribution in [2.24, 2.45) is 0 Å². The van der Waals surface area contributed by atoms with E-state index in [9.17, 15) is 9.59 Å². The van der Waals surface area contributed by atoms with E-state index in [1.54, 1.807) is 0 Å². The molecule has 120 valence electrons. The van der Waals surface area contributed by atoms with Crippen molar-refractivity contribution in [1.82, 2.24) is 0 Å². The summed E-state index contributed by atoms with van der Waals surface area (Å²) in [4.78, 5) is 23.3. The van der Waals surface area contributed by atoms with Crippen LogP contribution in [-0.2, 0) is 20.9 Å². The van der Waals surface area contributed by atoms with E-state index in [1.165, 1.54) is 0 Å². The van der Waals surface area contributed by atoms with Gasteiger partial charge in [-0.15, -0.1) is 0 Å². The third-order valence-corrected chi connectivity index (χ3v) is 3.25. The number of para-hydroxylation sites is 1. The molecule has 2 aromatic rings. The standard InChI is InChI=1S/C19H20O4/c20-18(19(21)23-15-16-9-3-1-4-10-16)13-7-8-14-22-17-11-5-2-6-12-17/h1-6,9-12H,7-8,13-15H2. The molecule has 0 aliphatic heterocycles. The minimum atomic E-state index is -0.766. The minimum absolute atomic E-state index is 0.128. The predicted molar refractivity (Wildman–Crippen MR) is 87.0 cm³/mol. The Balaban J connectivity index is 1.58. The number of unbranched alkanes of at least 4 members (excludes halogenated alkanes) is 1. The summed E-state index contributed by atoms with van der Waals surface area (Å²) in [6.07, 6.45) is 1.50. The zero-order chi connectivity index (χ0) is 16.3. The number of hydrogen-bond donors (Lipinski definition) is 0. The van der Waals surface area contributed by atoms with Crippen LogP contribution in [0.5, 0.6) is 5.75 Å². The molecule has 0 saturated carbocycles. The first-order chi connectivity index (χ1) is 11.3. The summed E-state index contributed by atoms with van der Waals surface area (Å²) in [5, 5.41) is 0. The second-order valence-corrected chi connectivity index (χ2v) is 5.10. The predicted octanol–water partition coefficient (Wildman–Crippen LogP) is 3.55. The molecule has 0 aliphatic carbocycles. The van der Waals surface area contributed by atoms with Gasteiger partial charge in [-0.05, 0) is 30.5 Å². The number of carbonyl (C=O) groups excluding carboxylic acids is 2. The largest absolute Gasteiger partial charge is 0.494 e. The average Bonchev–Trinajstić information content (AvgIpc) is 2.61. The molecule has 0 aliphatic rings.